The van der Waals surface area contributed by atoms with Crippen molar-refractivity contribution in [2.75, 3.05) is 25.0 Å². The second kappa shape index (κ2) is 7.89. The summed E-state index contributed by atoms with van der Waals surface area (Å²) in [5, 5.41) is 5.58. The van der Waals surface area contributed by atoms with Crippen molar-refractivity contribution in [3.63, 3.8) is 0 Å². The van der Waals surface area contributed by atoms with Gasteiger partial charge in [0.05, 0.1) is 6.54 Å². The topological polar surface area (TPSA) is 62.6 Å². The average molecular weight is 310 g/mol. The molecule has 1 rings (SSSR count). The second-order valence-corrected chi connectivity index (χ2v) is 6.31. The lowest BCUT2D eigenvalue weighted by atomic mass is 10.1. The molecule has 0 aromatic heterocycles. The first-order chi connectivity index (χ1) is 10.2. The molecule has 1 aromatic rings. The van der Waals surface area contributed by atoms with Gasteiger partial charge in [0.15, 0.2) is 13.1 Å². The minimum Gasteiger partial charge on any atom is -0.347 e. The number of quaternary nitrogens is 1. The van der Waals surface area contributed by atoms with E-state index in [1.54, 1.807) is 0 Å². The average Bonchev–Trinajstić information content (AvgIpc) is 2.38. The summed E-state index contributed by atoms with van der Waals surface area (Å²) >= 11 is 0. The fourth-order valence-corrected chi connectivity index (χ4v) is 1.97. The number of anilines is 1. The summed E-state index contributed by atoms with van der Waals surface area (Å²) in [6.07, 6.45) is 0. The summed E-state index contributed by atoms with van der Waals surface area (Å²) in [5.41, 5.74) is 0.257. The van der Waals surface area contributed by atoms with Crippen LogP contribution in [0.25, 0.3) is 0 Å². The number of amides is 2. The van der Waals surface area contributed by atoms with Crippen LogP contribution in [0.1, 0.15) is 27.7 Å². The Balaban J connectivity index is 2.49. The first-order valence-electron chi connectivity index (χ1n) is 7.39. The van der Waals surface area contributed by atoms with E-state index in [9.17, 15) is 14.0 Å². The molecule has 0 saturated heterocycles. The van der Waals surface area contributed by atoms with Gasteiger partial charge in [-0.05, 0) is 52.0 Å². The van der Waals surface area contributed by atoms with Crippen molar-refractivity contribution in [1.29, 1.82) is 0 Å². The minimum absolute atomic E-state index is 0.0843. The van der Waals surface area contributed by atoms with Crippen LogP contribution in [0.2, 0.25) is 0 Å². The van der Waals surface area contributed by atoms with E-state index in [2.05, 4.69) is 10.6 Å². The quantitative estimate of drug-likeness (QED) is 0.720. The van der Waals surface area contributed by atoms with E-state index < -0.39 is 0 Å². The molecule has 0 bridgehead atoms. The maximum absolute atomic E-state index is 12.8. The SMILES string of the molecule is CC[NH+](CC(=O)Nc1ccc(F)cc1)CC(=O)NC(C)(C)C. The van der Waals surface area contributed by atoms with Crippen LogP contribution in [0.3, 0.4) is 0 Å². The molecule has 0 aliphatic carbocycles. The van der Waals surface area contributed by atoms with Crippen molar-refractivity contribution < 1.29 is 18.9 Å². The lowest BCUT2D eigenvalue weighted by Gasteiger charge is -2.23. The predicted molar refractivity (Wildman–Crippen MR) is 84.2 cm³/mol. The summed E-state index contributed by atoms with van der Waals surface area (Å²) in [7, 11) is 0. The Labute approximate surface area is 130 Å². The molecule has 1 atom stereocenters. The first kappa shape index (κ1) is 18.1. The third-order valence-corrected chi connectivity index (χ3v) is 2.96. The number of hydrogen-bond acceptors (Lipinski definition) is 2. The van der Waals surface area contributed by atoms with Gasteiger partial charge in [-0.25, -0.2) is 4.39 Å². The largest absolute Gasteiger partial charge is 0.347 e. The summed E-state index contributed by atoms with van der Waals surface area (Å²) in [5.74, 6) is -0.636. The van der Waals surface area contributed by atoms with Gasteiger partial charge >= 0.3 is 0 Å². The van der Waals surface area contributed by atoms with Gasteiger partial charge in [0.2, 0.25) is 0 Å². The molecule has 3 N–H and O–H groups in total. The number of rotatable bonds is 6. The highest BCUT2D eigenvalue weighted by Crippen LogP contribution is 2.07. The van der Waals surface area contributed by atoms with Crippen LogP contribution >= 0.6 is 0 Å². The molecule has 0 aliphatic rings. The van der Waals surface area contributed by atoms with Crippen molar-refractivity contribution in [3.05, 3.63) is 30.1 Å². The van der Waals surface area contributed by atoms with Gasteiger partial charge < -0.3 is 15.5 Å². The summed E-state index contributed by atoms with van der Waals surface area (Å²) in [6.45, 7) is 8.75. The smallest absolute Gasteiger partial charge is 0.279 e. The van der Waals surface area contributed by atoms with Gasteiger partial charge in [-0.15, -0.1) is 0 Å². The predicted octanol–water partition coefficient (Wildman–Crippen LogP) is 0.584. The number of halogens is 1. The van der Waals surface area contributed by atoms with E-state index in [4.69, 9.17) is 0 Å². The Morgan fingerprint density at radius 3 is 2.14 bits per heavy atom. The standard InChI is InChI=1S/C16H24FN3O2/c1-5-20(11-15(22)19-16(2,3)4)10-14(21)18-13-8-6-12(17)7-9-13/h6-9H,5,10-11H2,1-4H3,(H,18,21)(H,19,22)/p+1. The van der Waals surface area contributed by atoms with Crippen LogP contribution in [0.4, 0.5) is 10.1 Å². The molecule has 1 aromatic carbocycles. The van der Waals surface area contributed by atoms with Crippen molar-refractivity contribution in [2.45, 2.75) is 33.2 Å². The molecule has 1 unspecified atom stereocenters. The van der Waals surface area contributed by atoms with Gasteiger partial charge in [0.25, 0.3) is 11.8 Å². The monoisotopic (exact) mass is 310 g/mol. The number of hydrogen-bond donors (Lipinski definition) is 3. The van der Waals surface area contributed by atoms with Crippen molar-refractivity contribution >= 4 is 17.5 Å². The summed E-state index contributed by atoms with van der Waals surface area (Å²) < 4.78 is 12.8. The van der Waals surface area contributed by atoms with Gasteiger partial charge in [0.1, 0.15) is 5.82 Å². The Morgan fingerprint density at radius 2 is 1.64 bits per heavy atom. The third-order valence-electron chi connectivity index (χ3n) is 2.96. The molecule has 5 nitrogen and oxygen atoms in total. The van der Waals surface area contributed by atoms with Gasteiger partial charge in [-0.3, -0.25) is 9.59 Å². The highest BCUT2D eigenvalue weighted by Gasteiger charge is 2.20. The zero-order valence-corrected chi connectivity index (χ0v) is 13.6. The maximum Gasteiger partial charge on any atom is 0.279 e. The van der Waals surface area contributed by atoms with E-state index in [1.165, 1.54) is 24.3 Å². The Morgan fingerprint density at radius 1 is 1.09 bits per heavy atom. The molecule has 0 radical (unpaired) electrons. The summed E-state index contributed by atoms with van der Waals surface area (Å²) in [6, 6.07) is 5.59. The molecule has 2 amide bonds. The fourth-order valence-electron chi connectivity index (χ4n) is 1.97. The molecule has 0 spiro atoms. The summed E-state index contributed by atoms with van der Waals surface area (Å²) in [4.78, 5) is 24.7. The van der Waals surface area contributed by atoms with E-state index in [1.807, 2.05) is 27.7 Å². The number of nitrogens with one attached hydrogen (secondary N) is 3. The normalized spacial score (nSPS) is 12.6. The molecular formula is C16H25FN3O2+. The Hall–Kier alpha value is -1.95. The van der Waals surface area contributed by atoms with Crippen LogP contribution in [0, 0.1) is 5.82 Å². The van der Waals surface area contributed by atoms with E-state index in [0.717, 1.165) is 4.90 Å². The maximum atomic E-state index is 12.8. The number of carbonyl (C=O) groups is 2. The van der Waals surface area contributed by atoms with Crippen LogP contribution in [-0.2, 0) is 9.59 Å². The number of benzene rings is 1. The highest BCUT2D eigenvalue weighted by atomic mass is 19.1. The molecule has 0 fully saturated rings. The Bertz CT molecular complexity index is 509. The van der Waals surface area contributed by atoms with Crippen LogP contribution < -0.4 is 15.5 Å². The Kier molecular flexibility index (Phi) is 6.49. The van der Waals surface area contributed by atoms with Gasteiger partial charge in [-0.1, -0.05) is 0 Å². The van der Waals surface area contributed by atoms with Crippen molar-refractivity contribution in [2.24, 2.45) is 0 Å². The third kappa shape index (κ3) is 7.17. The van der Waals surface area contributed by atoms with Crippen molar-refractivity contribution in [3.8, 4) is 0 Å². The van der Waals surface area contributed by atoms with E-state index in [-0.39, 0.29) is 36.3 Å². The molecule has 6 heteroatoms. The van der Waals surface area contributed by atoms with Crippen LogP contribution in [0.5, 0.6) is 0 Å². The molecule has 0 saturated carbocycles. The zero-order chi connectivity index (χ0) is 16.8. The molecule has 0 aliphatic heterocycles. The zero-order valence-electron chi connectivity index (χ0n) is 13.6. The van der Waals surface area contributed by atoms with Gasteiger partial charge in [-0.2, -0.15) is 0 Å². The van der Waals surface area contributed by atoms with E-state index >= 15 is 0 Å². The van der Waals surface area contributed by atoms with Crippen LogP contribution in [-0.4, -0.2) is 37.0 Å². The molecular weight excluding hydrogens is 285 g/mol. The second-order valence-electron chi connectivity index (χ2n) is 6.31. The van der Waals surface area contributed by atoms with Crippen molar-refractivity contribution in [1.82, 2.24) is 5.32 Å². The van der Waals surface area contributed by atoms with Crippen LogP contribution in [0.15, 0.2) is 24.3 Å². The molecule has 22 heavy (non-hydrogen) atoms. The number of likely N-dealkylation sites (N-methyl/N-ethyl adjacent to an activating group) is 1. The molecule has 122 valence electrons. The molecule has 0 heterocycles. The minimum atomic E-state index is -0.349. The fraction of sp³-hybridized carbons (Fsp3) is 0.500. The lowest BCUT2D eigenvalue weighted by Crippen LogP contribution is -3.14. The first-order valence-corrected chi connectivity index (χ1v) is 7.39. The highest BCUT2D eigenvalue weighted by molar-refractivity contribution is 5.91. The van der Waals surface area contributed by atoms with Gasteiger partial charge in [0, 0.05) is 11.2 Å². The lowest BCUT2D eigenvalue weighted by molar-refractivity contribution is -0.881. The van der Waals surface area contributed by atoms with E-state index in [0.29, 0.717) is 12.2 Å². The number of carbonyl (C=O) groups excluding carboxylic acids is 2.